The van der Waals surface area contributed by atoms with Gasteiger partial charge in [-0.2, -0.15) is 145 Å². The van der Waals surface area contributed by atoms with E-state index in [1.165, 1.54) is 96.2 Å². The van der Waals surface area contributed by atoms with Gasteiger partial charge in [0.25, 0.3) is 29.6 Å². The number of halogens is 36. The molecule has 0 amide bonds. The van der Waals surface area contributed by atoms with Crippen molar-refractivity contribution in [3.8, 4) is 0 Å². The van der Waals surface area contributed by atoms with Gasteiger partial charge in [0.15, 0.2) is 0 Å². The quantitative estimate of drug-likeness (QED) is 0.0450. The first-order chi connectivity index (χ1) is 52.1. The van der Waals surface area contributed by atoms with Gasteiger partial charge < -0.3 is 40.2 Å². The van der Waals surface area contributed by atoms with Crippen LogP contribution in [0.15, 0.2) is 157 Å². The van der Waals surface area contributed by atoms with E-state index in [1.807, 2.05) is 0 Å². The van der Waals surface area contributed by atoms with Crippen LogP contribution in [0.4, 0.5) is 158 Å². The second kappa shape index (κ2) is 41.8. The van der Waals surface area contributed by atoms with Crippen molar-refractivity contribution in [1.82, 2.24) is 24.9 Å². The second-order valence-electron chi connectivity index (χ2n) is 23.6. The molecule has 10 rings (SSSR count). The Hall–Kier alpha value is -7.12. The number of aliphatic hydroxyl groups excluding tert-OH is 3. The third-order valence-corrected chi connectivity index (χ3v) is 14.6. The first kappa shape index (κ1) is 118. The van der Waals surface area contributed by atoms with E-state index in [2.05, 4.69) is 24.9 Å². The zero-order valence-corrected chi connectivity index (χ0v) is 71.6. The number of hydrogen-bond acceptors (Lipinski definition) is 8. The molecule has 0 saturated carbocycles. The van der Waals surface area contributed by atoms with Crippen LogP contribution in [-0.4, -0.2) is 179 Å². The van der Waals surface area contributed by atoms with Crippen LogP contribution >= 0.6 is 0 Å². The zero-order valence-electron chi connectivity index (χ0n) is 59.9. The Labute approximate surface area is 726 Å². The Bertz CT molecular complexity index is 4230. The molecule has 5 aliphatic rings. The summed E-state index contributed by atoms with van der Waals surface area (Å²) in [5.41, 5.74) is -13.0. The maximum absolute atomic E-state index is 13.5. The smallest absolute Gasteiger partial charge is 0.378 e. The van der Waals surface area contributed by atoms with Crippen molar-refractivity contribution in [1.29, 1.82) is 0 Å². The molecule has 0 fully saturated rings. The van der Waals surface area contributed by atoms with Crippen molar-refractivity contribution in [2.75, 3.05) is 0 Å². The van der Waals surface area contributed by atoms with Crippen molar-refractivity contribution >= 4 is 45.2 Å². The summed E-state index contributed by atoms with van der Waals surface area (Å²) in [4.78, 5) is 41.7. The molecule has 0 aromatic carbocycles. The summed E-state index contributed by atoms with van der Waals surface area (Å²) in [5.74, 6) is -101. The summed E-state index contributed by atoms with van der Waals surface area (Å²) in [6.45, 7) is 10.7. The number of carbonyl (C=O) groups excluding carboxylic acids is 3. The first-order valence-electron chi connectivity index (χ1n) is 30.4. The van der Waals surface area contributed by atoms with Crippen molar-refractivity contribution in [3.63, 3.8) is 0 Å². The van der Waals surface area contributed by atoms with Crippen molar-refractivity contribution in [3.05, 3.63) is 216 Å². The Kier molecular flexibility index (Phi) is 40.8. The minimum Gasteiger partial charge on any atom is -0.512 e. The molecule has 687 valence electrons. The number of aromatic nitrogens is 5. The van der Waals surface area contributed by atoms with Crippen LogP contribution in [0.25, 0.3) is 27.9 Å². The molecule has 5 aromatic rings. The van der Waals surface area contributed by atoms with Gasteiger partial charge in [-0.25, -0.2) is 43.9 Å². The van der Waals surface area contributed by atoms with E-state index in [9.17, 15) is 158 Å². The van der Waals surface area contributed by atoms with Gasteiger partial charge in [0.2, 0.25) is 0 Å². The zero-order chi connectivity index (χ0) is 90.4. The molecule has 5 heterocycles. The third kappa shape index (κ3) is 23.9. The van der Waals surface area contributed by atoms with E-state index in [-0.39, 0.29) is 137 Å². The number of hydrogen-bond donors (Lipinski definition) is 3. The molecule has 0 spiro atoms. The van der Waals surface area contributed by atoms with E-state index in [0.717, 1.165) is 73.5 Å². The number of rotatable bonds is 8. The predicted octanol–water partition coefficient (Wildman–Crippen LogP) is 21.3. The summed E-state index contributed by atoms with van der Waals surface area (Å²) < 4.78 is 470. The molecule has 6 N–H and O–H groups in total. The van der Waals surface area contributed by atoms with Gasteiger partial charge in [-0.15, -0.1) is 58.2 Å². The molecule has 3 radical (unpaired) electrons. The topological polar surface area (TPSA) is 189 Å². The van der Waals surface area contributed by atoms with E-state index >= 15 is 0 Å². The van der Waals surface area contributed by atoms with Gasteiger partial charge in [0.1, 0.15) is 5.76 Å². The summed E-state index contributed by atoms with van der Waals surface area (Å²) in [5, 5.41) is 25.5. The van der Waals surface area contributed by atoms with Crippen molar-refractivity contribution in [2.45, 2.75) is 155 Å². The van der Waals surface area contributed by atoms with Crippen LogP contribution in [0, 0.1) is 30.4 Å². The van der Waals surface area contributed by atoms with Crippen LogP contribution in [0.5, 0.6) is 0 Å². The van der Waals surface area contributed by atoms with Crippen LogP contribution in [0.3, 0.4) is 0 Å². The van der Waals surface area contributed by atoms with E-state index in [1.54, 1.807) is 6.92 Å². The van der Waals surface area contributed by atoms with Gasteiger partial charge >= 0.3 is 94.3 Å². The monoisotopic (exact) mass is 2700 g/mol. The minimum absolute atomic E-state index is 0. The Morgan fingerprint density at radius 3 is 0.521 bits per heavy atom. The third-order valence-electron chi connectivity index (χ3n) is 14.6. The number of alkyl halides is 36. The Morgan fingerprint density at radius 1 is 0.273 bits per heavy atom. The molecule has 52 heteroatoms. The predicted molar refractivity (Wildman–Crippen MR) is 335 cm³/mol. The molecule has 0 bridgehead atoms. The van der Waals surface area contributed by atoms with Gasteiger partial charge in [-0.3, -0.25) is 14.4 Å². The van der Waals surface area contributed by atoms with Crippen molar-refractivity contribution in [2.24, 2.45) is 0 Å². The van der Waals surface area contributed by atoms with Crippen molar-refractivity contribution < 1.29 is 290 Å². The molecule has 0 saturated heterocycles. The maximum atomic E-state index is 13.5. The normalized spacial score (nSPS) is 21.9. The largest absolute Gasteiger partial charge is 0.512 e. The number of ketones is 3. The van der Waals surface area contributed by atoms with Crippen LogP contribution in [0.1, 0.15) is 76.9 Å². The van der Waals surface area contributed by atoms with Gasteiger partial charge in [0, 0.05) is 133 Å². The maximum Gasteiger partial charge on any atom is 0.378 e. The van der Waals surface area contributed by atoms with Crippen LogP contribution in [0.2, 0.25) is 0 Å². The fourth-order valence-electron chi connectivity index (χ4n) is 8.48. The summed E-state index contributed by atoms with van der Waals surface area (Å²) in [6, 6.07) is 15.9. The van der Waals surface area contributed by atoms with Crippen LogP contribution in [-0.2, 0) is 102 Å². The molecule has 0 unspecified atom stereocenters. The molecule has 5 aromatic heterocycles. The van der Waals surface area contributed by atoms with E-state index in [0.29, 0.717) is 42.0 Å². The average molecular weight is 2690 g/mol. The number of aliphatic hydroxyl groups is 3. The SMILES string of the molecule is CC(=[OH+])C(C)=C(C)O.CC(=[OH+])C=C(C)O.CC(=[OH+])C=C(C)O.FC1(F)[C-]=C(c2ccccn2)C(F)(F)C(F)(F)C1(F)F.FC1(F)[C-]=C(c2ccccn2)C(F)(F)C(F)(F)C1(F)F.FC1(F)[C-]=C(c2ccccn2)C(F)(F)C(F)(F)C1(F)F.FC1(F)[C-]=C(c2ccccn2)C(F)(F)C1(F)F.FC1(F)[C-]=C(c2ccccn2)C(F)(F)C1(F)F.[Ir].[Ir].[Ir].[Pt].[Pt]. The Morgan fingerprint density at radius 2 is 0.430 bits per heavy atom. The second-order valence-corrected chi connectivity index (χ2v) is 23.6. The summed E-state index contributed by atoms with van der Waals surface area (Å²) in [6.07, 6.45) is 10.4. The Balaban J connectivity index is -0.00000134. The minimum atomic E-state index is -6.28. The summed E-state index contributed by atoms with van der Waals surface area (Å²) in [7, 11) is 0. The van der Waals surface area contributed by atoms with Gasteiger partial charge in [0.05, 0.1) is 50.0 Å². The molecular formula is C69H49F36Ir3N5O6Pt2-2. The standard InChI is InChI=1S/3C11H4F8N.2C10H4F6N.C6H10O2.2C5H8O2.3Ir.2Pt/c3*12-8(13)5-6(7-3-1-2-4-20-7)9(14,15)11(18,19)10(8,16)17;2*11-8(12)5-6(7-3-1-2-4-17-7)9(13,14)10(8,15)16;1-4(5(2)7)6(3)8;2*1-4(6)3-5(2)7;;;;;/h3*1-4H;2*1-4H;7H,1-3H3;2*3,6H,1-2H3;;;;;/q5*-1;;;;;;;;/p+3. The van der Waals surface area contributed by atoms with Gasteiger partial charge in [-0.1, -0.05) is 58.8 Å². The number of allylic oxidation sites excluding steroid dienone is 16. The fourth-order valence-corrected chi connectivity index (χ4v) is 8.48. The molecule has 121 heavy (non-hydrogen) atoms. The van der Waals surface area contributed by atoms with Crippen LogP contribution < -0.4 is 0 Å². The molecular weight excluding hydrogens is 2650 g/mol. The van der Waals surface area contributed by atoms with E-state index in [4.69, 9.17) is 29.7 Å². The molecule has 0 aliphatic heterocycles. The van der Waals surface area contributed by atoms with Gasteiger partial charge in [-0.05, 0) is 58.0 Å². The summed E-state index contributed by atoms with van der Waals surface area (Å²) >= 11 is 0. The number of pyridine rings is 5. The van der Waals surface area contributed by atoms with E-state index < -0.39 is 163 Å². The first-order valence-corrected chi connectivity index (χ1v) is 30.4. The fraction of sp³-hybridized carbons (Fsp3) is 0.362. The number of nitrogens with zero attached hydrogens (tertiary/aromatic N) is 5. The molecule has 0 atom stereocenters. The average Bonchev–Trinajstić information content (AvgIpc) is 1.71. The molecule has 5 aliphatic carbocycles. The molecule has 11 nitrogen and oxygen atoms in total.